The largest absolute Gasteiger partial charge is 0.494 e. The standard InChI is InChI=1S/C16H22N2O3S/c19-16(15-12-20-6-7-21-15)17-9-13-3-1-5-18(10-13)11-14-4-2-8-22-14/h2,4,8,12-13H,1,3,5-7,9-11H2,(H,17,19). The highest BCUT2D eigenvalue weighted by Crippen LogP contribution is 2.20. The van der Waals surface area contributed by atoms with Crippen molar-refractivity contribution in [2.24, 2.45) is 5.92 Å². The van der Waals surface area contributed by atoms with Crippen LogP contribution in [0.15, 0.2) is 29.5 Å². The molecule has 1 atom stereocenters. The molecule has 6 heteroatoms. The summed E-state index contributed by atoms with van der Waals surface area (Å²) in [6, 6.07) is 4.28. The molecular formula is C16H22N2O3S. The van der Waals surface area contributed by atoms with Gasteiger partial charge in [0, 0.05) is 24.5 Å². The van der Waals surface area contributed by atoms with E-state index in [9.17, 15) is 4.79 Å². The molecule has 0 radical (unpaired) electrons. The molecule has 1 amide bonds. The van der Waals surface area contributed by atoms with Crippen molar-refractivity contribution in [2.45, 2.75) is 19.4 Å². The highest BCUT2D eigenvalue weighted by molar-refractivity contribution is 7.09. The predicted octanol–water partition coefficient (Wildman–Crippen LogP) is 1.96. The van der Waals surface area contributed by atoms with Crippen LogP contribution in [0, 0.1) is 5.92 Å². The van der Waals surface area contributed by atoms with Crippen LogP contribution in [0.4, 0.5) is 0 Å². The third kappa shape index (κ3) is 4.24. The fourth-order valence-corrected chi connectivity index (χ4v) is 3.64. The van der Waals surface area contributed by atoms with Crippen molar-refractivity contribution >= 4 is 17.2 Å². The quantitative estimate of drug-likeness (QED) is 0.900. The first-order valence-corrected chi connectivity index (χ1v) is 8.67. The van der Waals surface area contributed by atoms with Gasteiger partial charge in [-0.05, 0) is 36.8 Å². The Morgan fingerprint density at radius 2 is 2.41 bits per heavy atom. The van der Waals surface area contributed by atoms with E-state index >= 15 is 0 Å². The van der Waals surface area contributed by atoms with Gasteiger partial charge in [0.25, 0.3) is 5.91 Å². The van der Waals surface area contributed by atoms with E-state index in [1.165, 1.54) is 17.6 Å². The van der Waals surface area contributed by atoms with Gasteiger partial charge in [-0.25, -0.2) is 0 Å². The minimum Gasteiger partial charge on any atom is -0.494 e. The molecule has 2 aliphatic rings. The molecule has 0 aromatic carbocycles. The topological polar surface area (TPSA) is 50.8 Å². The molecular weight excluding hydrogens is 300 g/mol. The van der Waals surface area contributed by atoms with Crippen molar-refractivity contribution in [1.29, 1.82) is 0 Å². The molecule has 0 bridgehead atoms. The molecule has 1 aromatic heterocycles. The summed E-state index contributed by atoms with van der Waals surface area (Å²) >= 11 is 1.81. The summed E-state index contributed by atoms with van der Waals surface area (Å²) in [5.41, 5.74) is 0. The Kier molecular flexibility index (Phi) is 5.34. The zero-order chi connectivity index (χ0) is 15.2. The summed E-state index contributed by atoms with van der Waals surface area (Å²) in [7, 11) is 0. The number of nitrogens with zero attached hydrogens (tertiary/aromatic N) is 1. The molecule has 0 saturated carbocycles. The number of amides is 1. The summed E-state index contributed by atoms with van der Waals surface area (Å²) in [4.78, 5) is 15.9. The fourth-order valence-electron chi connectivity index (χ4n) is 2.90. The minimum atomic E-state index is -0.171. The van der Waals surface area contributed by atoms with Crippen molar-refractivity contribution in [3.8, 4) is 0 Å². The highest BCUT2D eigenvalue weighted by Gasteiger charge is 2.22. The molecule has 1 aromatic rings. The SMILES string of the molecule is O=C(NCC1CCCN(Cc2cccs2)C1)C1=COCCO1. The normalized spacial score (nSPS) is 22.4. The van der Waals surface area contributed by atoms with Gasteiger partial charge in [-0.15, -0.1) is 11.3 Å². The molecule has 3 rings (SSSR count). The highest BCUT2D eigenvalue weighted by atomic mass is 32.1. The van der Waals surface area contributed by atoms with E-state index in [1.807, 2.05) is 0 Å². The van der Waals surface area contributed by atoms with Gasteiger partial charge in [0.1, 0.15) is 19.5 Å². The van der Waals surface area contributed by atoms with E-state index in [1.54, 1.807) is 11.3 Å². The summed E-state index contributed by atoms with van der Waals surface area (Å²) < 4.78 is 10.4. The van der Waals surface area contributed by atoms with E-state index < -0.39 is 0 Å². The molecule has 1 N–H and O–H groups in total. The van der Waals surface area contributed by atoms with Crippen LogP contribution in [0.3, 0.4) is 0 Å². The summed E-state index contributed by atoms with van der Waals surface area (Å²) in [6.45, 7) is 4.85. The summed E-state index contributed by atoms with van der Waals surface area (Å²) in [5.74, 6) is 0.621. The number of hydrogen-bond acceptors (Lipinski definition) is 5. The number of rotatable bonds is 5. The van der Waals surface area contributed by atoms with Crippen LogP contribution in [-0.2, 0) is 20.8 Å². The molecule has 0 aliphatic carbocycles. The Bertz CT molecular complexity index is 515. The Hall–Kier alpha value is -1.53. The van der Waals surface area contributed by atoms with E-state index in [4.69, 9.17) is 9.47 Å². The molecule has 1 unspecified atom stereocenters. The molecule has 0 spiro atoms. The third-order valence-corrected chi connectivity index (χ3v) is 4.85. The van der Waals surface area contributed by atoms with E-state index in [0.29, 0.717) is 25.7 Å². The van der Waals surface area contributed by atoms with Crippen molar-refractivity contribution in [1.82, 2.24) is 10.2 Å². The number of likely N-dealkylation sites (tertiary alicyclic amines) is 1. The number of piperidine rings is 1. The predicted molar refractivity (Wildman–Crippen MR) is 85.3 cm³/mol. The summed E-state index contributed by atoms with van der Waals surface area (Å²) in [5, 5.41) is 5.09. The molecule has 120 valence electrons. The zero-order valence-electron chi connectivity index (χ0n) is 12.6. The average Bonchev–Trinajstić information content (AvgIpc) is 3.07. The van der Waals surface area contributed by atoms with Crippen LogP contribution < -0.4 is 5.32 Å². The average molecular weight is 322 g/mol. The first-order chi connectivity index (χ1) is 10.8. The molecule has 1 saturated heterocycles. The lowest BCUT2D eigenvalue weighted by Gasteiger charge is -2.32. The monoisotopic (exact) mass is 322 g/mol. The van der Waals surface area contributed by atoms with Crippen LogP contribution >= 0.6 is 11.3 Å². The Labute approximate surface area is 134 Å². The van der Waals surface area contributed by atoms with Crippen LogP contribution in [0.5, 0.6) is 0 Å². The van der Waals surface area contributed by atoms with E-state index in [0.717, 1.165) is 26.1 Å². The second kappa shape index (κ2) is 7.65. The first-order valence-electron chi connectivity index (χ1n) is 7.79. The molecule has 2 aliphatic heterocycles. The minimum absolute atomic E-state index is 0.171. The first kappa shape index (κ1) is 15.4. The van der Waals surface area contributed by atoms with Gasteiger partial charge in [0.2, 0.25) is 5.76 Å². The van der Waals surface area contributed by atoms with Gasteiger partial charge in [-0.2, -0.15) is 0 Å². The lowest BCUT2D eigenvalue weighted by atomic mass is 9.98. The maximum absolute atomic E-state index is 12.0. The van der Waals surface area contributed by atoms with Crippen LogP contribution in [-0.4, -0.2) is 43.7 Å². The van der Waals surface area contributed by atoms with E-state index in [2.05, 4.69) is 27.7 Å². The van der Waals surface area contributed by atoms with Gasteiger partial charge in [-0.1, -0.05) is 6.07 Å². The maximum Gasteiger partial charge on any atom is 0.289 e. The van der Waals surface area contributed by atoms with Crippen molar-refractivity contribution in [2.75, 3.05) is 32.8 Å². The summed E-state index contributed by atoms with van der Waals surface area (Å²) in [6.07, 6.45) is 3.76. The van der Waals surface area contributed by atoms with Crippen molar-refractivity contribution in [3.63, 3.8) is 0 Å². The Morgan fingerprint density at radius 3 is 3.18 bits per heavy atom. The van der Waals surface area contributed by atoms with Crippen molar-refractivity contribution < 1.29 is 14.3 Å². The molecule has 3 heterocycles. The Morgan fingerprint density at radius 1 is 1.45 bits per heavy atom. The van der Waals surface area contributed by atoms with E-state index in [-0.39, 0.29) is 11.7 Å². The van der Waals surface area contributed by atoms with Gasteiger partial charge in [0.05, 0.1) is 0 Å². The van der Waals surface area contributed by atoms with Gasteiger partial charge in [-0.3, -0.25) is 9.69 Å². The number of hydrogen-bond donors (Lipinski definition) is 1. The third-order valence-electron chi connectivity index (χ3n) is 3.99. The lowest BCUT2D eigenvalue weighted by molar-refractivity contribution is -0.122. The number of carbonyl (C=O) groups excluding carboxylic acids is 1. The van der Waals surface area contributed by atoms with Crippen LogP contribution in [0.25, 0.3) is 0 Å². The number of nitrogens with one attached hydrogen (secondary N) is 1. The second-order valence-electron chi connectivity index (χ2n) is 5.73. The van der Waals surface area contributed by atoms with Crippen molar-refractivity contribution in [3.05, 3.63) is 34.4 Å². The Balaban J connectivity index is 1.44. The second-order valence-corrected chi connectivity index (χ2v) is 6.77. The lowest BCUT2D eigenvalue weighted by Crippen LogP contribution is -2.41. The maximum atomic E-state index is 12.0. The molecule has 22 heavy (non-hydrogen) atoms. The smallest absolute Gasteiger partial charge is 0.289 e. The van der Waals surface area contributed by atoms with Gasteiger partial charge in [0.15, 0.2) is 0 Å². The fraction of sp³-hybridized carbons (Fsp3) is 0.562. The van der Waals surface area contributed by atoms with Gasteiger partial charge >= 0.3 is 0 Å². The number of thiophene rings is 1. The number of ether oxygens (including phenoxy) is 2. The van der Waals surface area contributed by atoms with Crippen LogP contribution in [0.1, 0.15) is 17.7 Å². The molecule has 1 fully saturated rings. The molecule has 5 nitrogen and oxygen atoms in total. The van der Waals surface area contributed by atoms with Gasteiger partial charge < -0.3 is 14.8 Å². The zero-order valence-corrected chi connectivity index (χ0v) is 13.4. The number of carbonyl (C=O) groups is 1. The van der Waals surface area contributed by atoms with Crippen LogP contribution in [0.2, 0.25) is 0 Å².